The maximum atomic E-state index is 12.9. The average Bonchev–Trinajstić information content (AvgIpc) is 2.32. The standard InChI is InChI=1S/C14H17F5O2/c15-13(16,14(17,18)19)11(20)21-7-12-4-8-1-9(5-12)3-10(2-8)6-12/h8-10H,1-7H2. The first-order chi connectivity index (χ1) is 9.61. The van der Waals surface area contributed by atoms with Gasteiger partial charge in [0.1, 0.15) is 0 Å². The lowest BCUT2D eigenvalue weighted by Gasteiger charge is -2.56. The largest absolute Gasteiger partial charge is 0.465 e. The highest BCUT2D eigenvalue weighted by atomic mass is 19.4. The fourth-order valence-corrected chi connectivity index (χ4v) is 4.89. The van der Waals surface area contributed by atoms with Gasteiger partial charge in [0.05, 0.1) is 6.61 Å². The van der Waals surface area contributed by atoms with Gasteiger partial charge in [0.2, 0.25) is 0 Å². The van der Waals surface area contributed by atoms with Crippen LogP contribution in [0.5, 0.6) is 0 Å². The summed E-state index contributed by atoms with van der Waals surface area (Å²) >= 11 is 0. The van der Waals surface area contributed by atoms with Crippen LogP contribution < -0.4 is 0 Å². The summed E-state index contributed by atoms with van der Waals surface area (Å²) in [6.45, 7) is -0.305. The normalized spacial score (nSPS) is 38.6. The second kappa shape index (κ2) is 4.56. The molecule has 21 heavy (non-hydrogen) atoms. The van der Waals surface area contributed by atoms with Gasteiger partial charge in [-0.1, -0.05) is 0 Å². The summed E-state index contributed by atoms with van der Waals surface area (Å²) in [7, 11) is 0. The zero-order valence-electron chi connectivity index (χ0n) is 11.4. The molecule has 0 radical (unpaired) electrons. The molecule has 0 aromatic carbocycles. The number of halogens is 5. The number of hydrogen-bond acceptors (Lipinski definition) is 2. The molecule has 0 aliphatic heterocycles. The molecule has 120 valence electrons. The van der Waals surface area contributed by atoms with Crippen molar-refractivity contribution in [3.05, 3.63) is 0 Å². The Bertz CT molecular complexity index is 408. The van der Waals surface area contributed by atoms with Crippen LogP contribution in [0.25, 0.3) is 0 Å². The lowest BCUT2D eigenvalue weighted by Crippen LogP contribution is -2.50. The molecule has 7 heteroatoms. The summed E-state index contributed by atoms with van der Waals surface area (Å²) in [5.41, 5.74) is -0.369. The van der Waals surface area contributed by atoms with E-state index in [2.05, 4.69) is 4.74 Å². The predicted octanol–water partition coefficient (Wildman–Crippen LogP) is 3.94. The Balaban J connectivity index is 1.64. The van der Waals surface area contributed by atoms with E-state index in [0.29, 0.717) is 17.8 Å². The molecule has 0 N–H and O–H groups in total. The molecule has 0 saturated heterocycles. The van der Waals surface area contributed by atoms with Crippen molar-refractivity contribution in [2.24, 2.45) is 23.2 Å². The van der Waals surface area contributed by atoms with Gasteiger partial charge in [0.25, 0.3) is 0 Å². The maximum Gasteiger partial charge on any atom is 0.465 e. The van der Waals surface area contributed by atoms with E-state index in [1.807, 2.05) is 0 Å². The van der Waals surface area contributed by atoms with Gasteiger partial charge in [-0.3, -0.25) is 0 Å². The smallest absolute Gasteiger partial charge is 0.460 e. The van der Waals surface area contributed by atoms with Crippen molar-refractivity contribution in [3.8, 4) is 0 Å². The van der Waals surface area contributed by atoms with Gasteiger partial charge in [0, 0.05) is 5.41 Å². The molecule has 4 saturated carbocycles. The molecule has 0 unspecified atom stereocenters. The minimum absolute atomic E-state index is 0.305. The summed E-state index contributed by atoms with van der Waals surface area (Å²) in [5.74, 6) is -6.35. The van der Waals surface area contributed by atoms with Crippen LogP contribution >= 0.6 is 0 Å². The second-order valence-electron chi connectivity index (χ2n) is 7.07. The number of carbonyl (C=O) groups is 1. The number of esters is 1. The van der Waals surface area contributed by atoms with Crippen LogP contribution in [0.3, 0.4) is 0 Å². The highest BCUT2D eigenvalue weighted by Gasteiger charge is 2.65. The van der Waals surface area contributed by atoms with E-state index >= 15 is 0 Å². The Labute approximate surface area is 119 Å². The van der Waals surface area contributed by atoms with E-state index in [-0.39, 0.29) is 12.0 Å². The van der Waals surface area contributed by atoms with Crippen LogP contribution in [-0.2, 0) is 9.53 Å². The molecule has 0 atom stereocenters. The molecule has 4 bridgehead atoms. The van der Waals surface area contributed by atoms with Crippen molar-refractivity contribution in [2.45, 2.75) is 50.6 Å². The Morgan fingerprint density at radius 1 is 0.952 bits per heavy atom. The summed E-state index contributed by atoms with van der Waals surface area (Å²) in [6, 6.07) is 0. The Kier molecular flexibility index (Phi) is 3.26. The second-order valence-corrected chi connectivity index (χ2v) is 7.07. The lowest BCUT2D eigenvalue weighted by atomic mass is 9.50. The van der Waals surface area contributed by atoms with Crippen LogP contribution in [0.4, 0.5) is 22.0 Å². The van der Waals surface area contributed by atoms with E-state index in [1.165, 1.54) is 0 Å². The van der Waals surface area contributed by atoms with E-state index in [9.17, 15) is 26.7 Å². The van der Waals surface area contributed by atoms with Crippen LogP contribution in [0.15, 0.2) is 0 Å². The van der Waals surface area contributed by atoms with Crippen molar-refractivity contribution in [1.29, 1.82) is 0 Å². The first-order valence-electron chi connectivity index (χ1n) is 7.23. The Hall–Kier alpha value is -0.880. The zero-order valence-corrected chi connectivity index (χ0v) is 11.4. The lowest BCUT2D eigenvalue weighted by molar-refractivity contribution is -0.282. The molecule has 0 aromatic heterocycles. The molecule has 4 rings (SSSR count). The molecule has 2 nitrogen and oxygen atoms in total. The van der Waals surface area contributed by atoms with E-state index in [0.717, 1.165) is 38.5 Å². The molecule has 4 fully saturated rings. The highest BCUT2D eigenvalue weighted by molar-refractivity contribution is 5.78. The minimum atomic E-state index is -5.90. The van der Waals surface area contributed by atoms with Crippen molar-refractivity contribution in [3.63, 3.8) is 0 Å². The topological polar surface area (TPSA) is 26.3 Å². The summed E-state index contributed by atoms with van der Waals surface area (Å²) in [6.07, 6.45) is -0.202. The van der Waals surface area contributed by atoms with Crippen LogP contribution in [0, 0.1) is 23.2 Å². The average molecular weight is 312 g/mol. The van der Waals surface area contributed by atoms with Gasteiger partial charge in [-0.25, -0.2) is 4.79 Å². The van der Waals surface area contributed by atoms with Gasteiger partial charge in [0.15, 0.2) is 0 Å². The third-order valence-electron chi connectivity index (χ3n) is 5.29. The van der Waals surface area contributed by atoms with Crippen LogP contribution in [-0.4, -0.2) is 24.7 Å². The van der Waals surface area contributed by atoms with Crippen molar-refractivity contribution in [1.82, 2.24) is 0 Å². The number of ether oxygens (including phenoxy) is 1. The Morgan fingerprint density at radius 3 is 1.76 bits per heavy atom. The number of rotatable bonds is 3. The van der Waals surface area contributed by atoms with Crippen LogP contribution in [0.1, 0.15) is 38.5 Å². The first-order valence-corrected chi connectivity index (χ1v) is 7.23. The third kappa shape index (κ3) is 2.52. The monoisotopic (exact) mass is 312 g/mol. The van der Waals surface area contributed by atoms with Crippen LogP contribution in [0.2, 0.25) is 0 Å². The minimum Gasteiger partial charge on any atom is -0.460 e. The van der Waals surface area contributed by atoms with Gasteiger partial charge in [-0.15, -0.1) is 0 Å². The molecule has 4 aliphatic rings. The quantitative estimate of drug-likeness (QED) is 0.583. The number of carbonyl (C=O) groups excluding carboxylic acids is 1. The predicted molar refractivity (Wildman–Crippen MR) is 62.6 cm³/mol. The molecule has 4 aliphatic carbocycles. The number of alkyl halides is 5. The molecular weight excluding hydrogens is 295 g/mol. The van der Waals surface area contributed by atoms with Gasteiger partial charge in [-0.05, 0) is 56.3 Å². The fourth-order valence-electron chi connectivity index (χ4n) is 4.89. The van der Waals surface area contributed by atoms with Crippen molar-refractivity contribution >= 4 is 5.97 Å². The summed E-state index contributed by atoms with van der Waals surface area (Å²) in [5, 5.41) is 0. The molecule has 0 amide bonds. The zero-order chi connectivity index (χ0) is 15.5. The SMILES string of the molecule is O=C(OCC12CC3CC(CC(C3)C1)C2)C(F)(F)C(F)(F)F. The molecule has 0 spiro atoms. The fraction of sp³-hybridized carbons (Fsp3) is 0.929. The van der Waals surface area contributed by atoms with Gasteiger partial charge in [-0.2, -0.15) is 22.0 Å². The third-order valence-corrected chi connectivity index (χ3v) is 5.29. The van der Waals surface area contributed by atoms with Crippen molar-refractivity contribution in [2.75, 3.05) is 6.61 Å². The van der Waals surface area contributed by atoms with Gasteiger partial charge >= 0.3 is 18.1 Å². The summed E-state index contributed by atoms with van der Waals surface area (Å²) < 4.78 is 66.5. The first kappa shape index (κ1) is 15.0. The van der Waals surface area contributed by atoms with E-state index in [4.69, 9.17) is 0 Å². The molecular formula is C14H17F5O2. The van der Waals surface area contributed by atoms with Gasteiger partial charge < -0.3 is 4.74 Å². The van der Waals surface area contributed by atoms with E-state index in [1.54, 1.807) is 0 Å². The molecule has 0 heterocycles. The maximum absolute atomic E-state index is 12.9. The highest BCUT2D eigenvalue weighted by Crippen LogP contribution is 2.60. The molecule has 0 aromatic rings. The summed E-state index contributed by atoms with van der Waals surface area (Å²) in [4.78, 5) is 11.1. The number of hydrogen-bond donors (Lipinski definition) is 0. The van der Waals surface area contributed by atoms with Crippen molar-refractivity contribution < 1.29 is 31.5 Å². The van der Waals surface area contributed by atoms with E-state index < -0.39 is 18.1 Å². The Morgan fingerprint density at radius 2 is 1.38 bits per heavy atom.